The molecule has 1 aliphatic heterocycles. The average Bonchev–Trinajstić information content (AvgIpc) is 2.92. The zero-order valence-electron chi connectivity index (χ0n) is 18.8. The fourth-order valence-corrected chi connectivity index (χ4v) is 5.35. The third kappa shape index (κ3) is 4.18. The van der Waals surface area contributed by atoms with Crippen molar-refractivity contribution in [1.29, 1.82) is 0 Å². The van der Waals surface area contributed by atoms with Gasteiger partial charge in [0, 0.05) is 18.3 Å². The Kier molecular flexibility index (Phi) is 6.03. The second kappa shape index (κ2) is 8.74. The van der Waals surface area contributed by atoms with Gasteiger partial charge >= 0.3 is 12.0 Å². The zero-order valence-corrected chi connectivity index (χ0v) is 18.8. The van der Waals surface area contributed by atoms with Crippen molar-refractivity contribution in [2.75, 3.05) is 11.9 Å². The van der Waals surface area contributed by atoms with Crippen LogP contribution in [-0.4, -0.2) is 34.6 Å². The number of nitrogens with zero attached hydrogens (tertiary/aromatic N) is 1. The SMILES string of the molecule is Cc1ccc(-c2c(C)c3c(c(C)c2CC(=O)O)NC(=O)N(C2CCCCC2)CC3)cc1. The van der Waals surface area contributed by atoms with Gasteiger partial charge in [-0.1, -0.05) is 49.1 Å². The molecule has 2 aliphatic rings. The lowest BCUT2D eigenvalue weighted by Crippen LogP contribution is -2.43. The fraction of sp³-hybridized carbons (Fsp3) is 0.462. The van der Waals surface area contributed by atoms with Crippen molar-refractivity contribution in [1.82, 2.24) is 4.90 Å². The zero-order chi connectivity index (χ0) is 22.1. The molecule has 1 aliphatic carbocycles. The van der Waals surface area contributed by atoms with Gasteiger partial charge in [0.05, 0.1) is 6.42 Å². The Balaban J connectivity index is 1.81. The van der Waals surface area contributed by atoms with E-state index in [1.165, 1.54) is 24.8 Å². The largest absolute Gasteiger partial charge is 0.481 e. The number of carboxylic acid groups (broad SMARTS) is 1. The fourth-order valence-electron chi connectivity index (χ4n) is 5.35. The first kappa shape index (κ1) is 21.4. The average molecular weight is 421 g/mol. The van der Waals surface area contributed by atoms with Crippen molar-refractivity contribution in [3.63, 3.8) is 0 Å². The Hall–Kier alpha value is -2.82. The van der Waals surface area contributed by atoms with E-state index in [0.717, 1.165) is 58.3 Å². The van der Waals surface area contributed by atoms with E-state index in [0.29, 0.717) is 12.6 Å². The first-order valence-corrected chi connectivity index (χ1v) is 11.4. The summed E-state index contributed by atoms with van der Waals surface area (Å²) in [6.45, 7) is 6.77. The summed E-state index contributed by atoms with van der Waals surface area (Å²) in [5.74, 6) is -0.861. The van der Waals surface area contributed by atoms with Crippen LogP contribution >= 0.6 is 0 Å². The van der Waals surface area contributed by atoms with Gasteiger partial charge in [-0.05, 0) is 73.4 Å². The van der Waals surface area contributed by atoms with Crippen molar-refractivity contribution in [2.24, 2.45) is 0 Å². The van der Waals surface area contributed by atoms with Crippen LogP contribution < -0.4 is 5.32 Å². The molecular weight excluding hydrogens is 388 g/mol. The molecule has 1 fully saturated rings. The Morgan fingerprint density at radius 1 is 1.06 bits per heavy atom. The molecule has 5 heteroatoms. The normalized spacial score (nSPS) is 17.1. The minimum absolute atomic E-state index is 0.0440. The molecule has 0 atom stereocenters. The van der Waals surface area contributed by atoms with E-state index in [1.54, 1.807) is 0 Å². The van der Waals surface area contributed by atoms with E-state index in [4.69, 9.17) is 0 Å². The van der Waals surface area contributed by atoms with E-state index in [9.17, 15) is 14.7 Å². The van der Waals surface area contributed by atoms with E-state index < -0.39 is 5.97 Å². The van der Waals surface area contributed by atoms with Crippen molar-refractivity contribution in [3.8, 4) is 11.1 Å². The number of aryl methyl sites for hydroxylation is 1. The number of benzene rings is 2. The Labute approximate surface area is 184 Å². The highest BCUT2D eigenvalue weighted by Gasteiger charge is 2.31. The maximum Gasteiger partial charge on any atom is 0.322 e. The van der Waals surface area contributed by atoms with E-state index in [-0.39, 0.29) is 12.5 Å². The summed E-state index contributed by atoms with van der Waals surface area (Å²) in [5, 5.41) is 12.8. The highest BCUT2D eigenvalue weighted by Crippen LogP contribution is 2.40. The quantitative estimate of drug-likeness (QED) is 0.674. The summed E-state index contributed by atoms with van der Waals surface area (Å²) < 4.78 is 0. The Bertz CT molecular complexity index is 1000. The Morgan fingerprint density at radius 3 is 2.39 bits per heavy atom. The molecule has 1 heterocycles. The minimum Gasteiger partial charge on any atom is -0.481 e. The molecule has 2 aromatic rings. The number of amides is 2. The van der Waals surface area contributed by atoms with Gasteiger partial charge in [0.2, 0.25) is 0 Å². The van der Waals surface area contributed by atoms with Crippen LogP contribution in [0.25, 0.3) is 11.1 Å². The van der Waals surface area contributed by atoms with Crippen LogP contribution in [0.2, 0.25) is 0 Å². The van der Waals surface area contributed by atoms with Gasteiger partial charge in [-0.2, -0.15) is 0 Å². The maximum atomic E-state index is 13.2. The van der Waals surface area contributed by atoms with E-state index in [1.807, 2.05) is 18.7 Å². The predicted molar refractivity (Wildman–Crippen MR) is 124 cm³/mol. The summed E-state index contributed by atoms with van der Waals surface area (Å²) in [5.41, 5.74) is 7.89. The van der Waals surface area contributed by atoms with E-state index >= 15 is 0 Å². The number of fused-ring (bicyclic) bond motifs is 1. The molecule has 0 unspecified atom stereocenters. The summed E-state index contributed by atoms with van der Waals surface area (Å²) in [6, 6.07) is 8.52. The number of urea groups is 1. The minimum atomic E-state index is -0.861. The highest BCUT2D eigenvalue weighted by atomic mass is 16.4. The van der Waals surface area contributed by atoms with Crippen LogP contribution in [0, 0.1) is 20.8 Å². The summed E-state index contributed by atoms with van der Waals surface area (Å²) in [7, 11) is 0. The summed E-state index contributed by atoms with van der Waals surface area (Å²) in [6.07, 6.45) is 6.47. The molecule has 0 radical (unpaired) electrons. The number of anilines is 1. The molecule has 0 bridgehead atoms. The number of hydrogen-bond donors (Lipinski definition) is 2. The number of carbonyl (C=O) groups excluding carboxylic acids is 1. The van der Waals surface area contributed by atoms with Gasteiger partial charge in [0.1, 0.15) is 0 Å². The van der Waals surface area contributed by atoms with Crippen LogP contribution in [0.4, 0.5) is 10.5 Å². The highest BCUT2D eigenvalue weighted by molar-refractivity contribution is 5.95. The lowest BCUT2D eigenvalue weighted by Gasteiger charge is -2.33. The van der Waals surface area contributed by atoms with Crippen molar-refractivity contribution in [3.05, 3.63) is 52.1 Å². The molecule has 1 saturated carbocycles. The van der Waals surface area contributed by atoms with Crippen molar-refractivity contribution >= 4 is 17.7 Å². The molecule has 0 spiro atoms. The molecule has 2 N–H and O–H groups in total. The van der Waals surface area contributed by atoms with Crippen molar-refractivity contribution < 1.29 is 14.7 Å². The number of nitrogens with one attached hydrogen (secondary N) is 1. The molecule has 31 heavy (non-hydrogen) atoms. The van der Waals surface area contributed by atoms with Crippen molar-refractivity contribution in [2.45, 2.75) is 71.8 Å². The summed E-state index contributed by atoms with van der Waals surface area (Å²) >= 11 is 0. The lowest BCUT2D eigenvalue weighted by atomic mass is 9.84. The van der Waals surface area contributed by atoms with Gasteiger partial charge in [-0.25, -0.2) is 4.79 Å². The number of carboxylic acids is 1. The van der Waals surface area contributed by atoms with Crippen LogP contribution in [-0.2, 0) is 17.6 Å². The van der Waals surface area contributed by atoms with Gasteiger partial charge in [0.15, 0.2) is 0 Å². The smallest absolute Gasteiger partial charge is 0.322 e. The first-order valence-electron chi connectivity index (χ1n) is 11.4. The predicted octanol–water partition coefficient (Wildman–Crippen LogP) is 5.63. The molecule has 164 valence electrons. The second-order valence-electron chi connectivity index (χ2n) is 9.06. The van der Waals surface area contributed by atoms with Crippen LogP contribution in [0.5, 0.6) is 0 Å². The van der Waals surface area contributed by atoms with Crippen LogP contribution in [0.1, 0.15) is 59.9 Å². The monoisotopic (exact) mass is 420 g/mol. The molecule has 5 nitrogen and oxygen atoms in total. The molecule has 2 amide bonds. The topological polar surface area (TPSA) is 69.6 Å². The molecule has 0 aromatic heterocycles. The first-order chi connectivity index (χ1) is 14.9. The lowest BCUT2D eigenvalue weighted by molar-refractivity contribution is -0.136. The number of aliphatic carboxylic acids is 1. The standard InChI is InChI=1S/C26H32N2O3/c1-16-9-11-19(12-10-16)24-17(2)21-13-14-28(20-7-5-4-6-8-20)26(31)27-25(21)18(3)22(24)15-23(29)30/h9-12,20H,4-8,13-15H2,1-3H3,(H,27,31)(H,29,30). The van der Waals surface area contributed by atoms with Gasteiger partial charge in [-0.15, -0.1) is 0 Å². The number of hydrogen-bond acceptors (Lipinski definition) is 2. The van der Waals surface area contributed by atoms with Crippen LogP contribution in [0.15, 0.2) is 24.3 Å². The summed E-state index contributed by atoms with van der Waals surface area (Å²) in [4.78, 5) is 26.9. The number of rotatable bonds is 4. The molecule has 2 aromatic carbocycles. The second-order valence-corrected chi connectivity index (χ2v) is 9.06. The number of carbonyl (C=O) groups is 2. The van der Waals surface area contributed by atoms with Crippen LogP contribution in [0.3, 0.4) is 0 Å². The van der Waals surface area contributed by atoms with Gasteiger partial charge in [-0.3, -0.25) is 4.79 Å². The van der Waals surface area contributed by atoms with Gasteiger partial charge in [0.25, 0.3) is 0 Å². The third-order valence-corrected chi connectivity index (χ3v) is 7.04. The van der Waals surface area contributed by atoms with E-state index in [2.05, 4.69) is 36.5 Å². The molecule has 4 rings (SSSR count). The Morgan fingerprint density at radius 2 is 1.74 bits per heavy atom. The van der Waals surface area contributed by atoms with Gasteiger partial charge < -0.3 is 15.3 Å². The third-order valence-electron chi connectivity index (χ3n) is 7.04. The molecule has 0 saturated heterocycles. The molecular formula is C26H32N2O3. The maximum absolute atomic E-state index is 13.2.